The Labute approximate surface area is 304 Å². The second-order valence-corrected chi connectivity index (χ2v) is 17.1. The van der Waals surface area contributed by atoms with Gasteiger partial charge in [-0.2, -0.15) is 0 Å². The van der Waals surface area contributed by atoms with Crippen LogP contribution in [0.5, 0.6) is 0 Å². The maximum atomic E-state index is 14.1. The monoisotopic (exact) mass is 721 g/mol. The number of thiazole rings is 1. The maximum absolute atomic E-state index is 14.1. The Morgan fingerprint density at radius 3 is 2.20 bits per heavy atom. The summed E-state index contributed by atoms with van der Waals surface area (Å²) in [6.45, 7) is 8.36. The molecule has 262 valence electrons. The van der Waals surface area contributed by atoms with Crippen molar-refractivity contribution in [3.05, 3.63) is 110 Å². The molecule has 0 radical (unpaired) electrons. The van der Waals surface area contributed by atoms with Crippen molar-refractivity contribution in [3.8, 4) is 0 Å². The van der Waals surface area contributed by atoms with Gasteiger partial charge >= 0.3 is 10.8 Å². The Kier molecular flexibility index (Phi) is 8.33. The van der Waals surface area contributed by atoms with Crippen LogP contribution in [0, 0.1) is 29.6 Å². The summed E-state index contributed by atoms with van der Waals surface area (Å²) in [5.74, 6) is -1.96. The SMILES string of the molecule is CCOC(=O)c1ccc(NC(=O)Cn2c3c(sc2=O)C(c2ccc(C(C)(C)C)cc2)C2C4CC(C2S3)C2C(=O)N(c3ccccc3)C(=O)C42)cc1. The predicted molar refractivity (Wildman–Crippen MR) is 197 cm³/mol. The second kappa shape index (κ2) is 12.6. The number of hydrogen-bond acceptors (Lipinski definition) is 8. The van der Waals surface area contributed by atoms with E-state index >= 15 is 0 Å². The molecule has 4 aromatic rings. The first kappa shape index (κ1) is 33.7. The van der Waals surface area contributed by atoms with E-state index in [0.29, 0.717) is 16.9 Å². The first-order chi connectivity index (χ1) is 24.5. The molecule has 3 fully saturated rings. The van der Waals surface area contributed by atoms with Gasteiger partial charge in [0.05, 0.1) is 34.7 Å². The molecule has 0 spiro atoms. The van der Waals surface area contributed by atoms with Gasteiger partial charge in [-0.3, -0.25) is 28.6 Å². The van der Waals surface area contributed by atoms with E-state index < -0.39 is 11.9 Å². The third-order valence-corrected chi connectivity index (χ3v) is 13.9. The fourth-order valence-corrected chi connectivity index (χ4v) is 12.0. The van der Waals surface area contributed by atoms with Crippen molar-refractivity contribution >= 4 is 58.2 Å². The van der Waals surface area contributed by atoms with Crippen molar-refractivity contribution < 1.29 is 23.9 Å². The number of carbonyl (C=O) groups excluding carboxylic acids is 4. The van der Waals surface area contributed by atoms with Crippen molar-refractivity contribution in [1.29, 1.82) is 0 Å². The van der Waals surface area contributed by atoms with Gasteiger partial charge in [0.15, 0.2) is 0 Å². The molecule has 1 N–H and O–H groups in total. The zero-order valence-corrected chi connectivity index (χ0v) is 30.5. The predicted octanol–water partition coefficient (Wildman–Crippen LogP) is 6.70. The quantitative estimate of drug-likeness (QED) is 0.167. The lowest BCUT2D eigenvalue weighted by Gasteiger charge is -2.43. The lowest BCUT2D eigenvalue weighted by atomic mass is 9.68. The molecule has 11 heteroatoms. The van der Waals surface area contributed by atoms with Crippen LogP contribution in [0.1, 0.15) is 66.4 Å². The number of fused-ring (bicyclic) bond motifs is 9. The number of rotatable bonds is 7. The zero-order valence-electron chi connectivity index (χ0n) is 28.8. The van der Waals surface area contributed by atoms with Crippen LogP contribution < -0.4 is 15.1 Å². The first-order valence-electron chi connectivity index (χ1n) is 17.5. The minimum absolute atomic E-state index is 0.00208. The average Bonchev–Trinajstić information content (AvgIpc) is 3.83. The van der Waals surface area contributed by atoms with E-state index in [1.54, 1.807) is 47.5 Å². The molecule has 7 unspecified atom stereocenters. The number of amides is 3. The van der Waals surface area contributed by atoms with Gasteiger partial charge in [0.2, 0.25) is 17.7 Å². The highest BCUT2D eigenvalue weighted by atomic mass is 32.2. The van der Waals surface area contributed by atoms with Crippen LogP contribution >= 0.6 is 23.1 Å². The number of hydrogen-bond donors (Lipinski definition) is 1. The number of thioether (sulfide) groups is 1. The topological polar surface area (TPSA) is 115 Å². The Morgan fingerprint density at radius 2 is 1.55 bits per heavy atom. The molecule has 3 amide bonds. The number of esters is 1. The number of aromatic nitrogens is 1. The van der Waals surface area contributed by atoms with Crippen LogP contribution in [-0.4, -0.2) is 40.1 Å². The summed E-state index contributed by atoms with van der Waals surface area (Å²) in [7, 11) is 0. The smallest absolute Gasteiger partial charge is 0.338 e. The number of carbonyl (C=O) groups is 4. The molecule has 1 aromatic heterocycles. The summed E-state index contributed by atoms with van der Waals surface area (Å²) in [6.07, 6.45) is 0.788. The maximum Gasteiger partial charge on any atom is 0.338 e. The van der Waals surface area contributed by atoms with Gasteiger partial charge in [0.1, 0.15) is 6.54 Å². The van der Waals surface area contributed by atoms with E-state index in [0.717, 1.165) is 21.9 Å². The van der Waals surface area contributed by atoms with Crippen LogP contribution in [0.2, 0.25) is 0 Å². The molecular formula is C40H39N3O6S2. The summed E-state index contributed by atoms with van der Waals surface area (Å²) < 4.78 is 6.62. The fraction of sp³-hybridized carbons (Fsp3) is 0.375. The van der Waals surface area contributed by atoms with Gasteiger partial charge in [0, 0.05) is 21.7 Å². The van der Waals surface area contributed by atoms with E-state index in [-0.39, 0.29) is 76.0 Å². The van der Waals surface area contributed by atoms with Gasteiger partial charge in [-0.25, -0.2) is 4.79 Å². The fourth-order valence-electron chi connectivity index (χ4n) is 8.90. The number of ether oxygens (including phenoxy) is 1. The van der Waals surface area contributed by atoms with Crippen LogP contribution in [0.15, 0.2) is 88.7 Å². The molecule has 3 heterocycles. The van der Waals surface area contributed by atoms with Crippen LogP contribution in [0.4, 0.5) is 11.4 Å². The summed E-state index contributed by atoms with van der Waals surface area (Å²) in [4.78, 5) is 69.5. The number of para-hydroxylation sites is 1. The van der Waals surface area contributed by atoms with Gasteiger partial charge in [-0.1, -0.05) is 74.6 Å². The van der Waals surface area contributed by atoms with Crippen molar-refractivity contribution in [1.82, 2.24) is 4.57 Å². The molecule has 1 saturated heterocycles. The number of nitrogens with one attached hydrogen (secondary N) is 1. The van der Waals surface area contributed by atoms with Crippen molar-refractivity contribution in [2.24, 2.45) is 29.6 Å². The Morgan fingerprint density at radius 1 is 0.882 bits per heavy atom. The molecule has 4 aliphatic rings. The molecule has 2 saturated carbocycles. The molecule has 3 aromatic carbocycles. The molecule has 8 rings (SSSR count). The van der Waals surface area contributed by atoms with Crippen molar-refractivity contribution in [2.75, 3.05) is 16.8 Å². The van der Waals surface area contributed by atoms with E-state index in [1.165, 1.54) is 21.8 Å². The minimum atomic E-state index is -0.437. The van der Waals surface area contributed by atoms with E-state index in [1.807, 2.05) is 30.3 Å². The van der Waals surface area contributed by atoms with Crippen LogP contribution in [-0.2, 0) is 31.1 Å². The van der Waals surface area contributed by atoms with Crippen LogP contribution in [0.25, 0.3) is 0 Å². The Bertz CT molecular complexity index is 2100. The first-order valence-corrected chi connectivity index (χ1v) is 19.2. The molecule has 2 aliphatic heterocycles. The van der Waals surface area contributed by atoms with E-state index in [9.17, 15) is 24.0 Å². The van der Waals surface area contributed by atoms with E-state index in [2.05, 4.69) is 50.4 Å². The van der Waals surface area contributed by atoms with Crippen LogP contribution in [0.3, 0.4) is 0 Å². The largest absolute Gasteiger partial charge is 0.462 e. The second-order valence-electron chi connectivity index (χ2n) is 14.9. The molecule has 9 nitrogen and oxygen atoms in total. The highest BCUT2D eigenvalue weighted by Gasteiger charge is 2.69. The molecule has 2 bridgehead atoms. The average molecular weight is 722 g/mol. The standard InChI is InChI=1S/C40H39N3O6S2/c1-5-49-38(47)22-13-17-24(18-14-22)41-28(44)20-42-37-34(51-39(42)48)29(21-11-15-23(16-12-21)40(2,3)4)30-26-19-27(33(30)50-37)32-31(26)35(45)43(36(32)46)25-9-7-6-8-10-25/h6-18,26-27,29-33H,5,19-20H2,1-4H3,(H,41,44). The lowest BCUT2D eigenvalue weighted by Crippen LogP contribution is -2.43. The number of nitrogens with zero attached hydrogens (tertiary/aromatic N) is 2. The molecule has 2 aliphatic carbocycles. The van der Waals surface area contributed by atoms with Gasteiger partial charge < -0.3 is 10.1 Å². The van der Waals surface area contributed by atoms with Gasteiger partial charge in [-0.05, 0) is 84.0 Å². The molecular weight excluding hydrogens is 683 g/mol. The zero-order chi connectivity index (χ0) is 35.8. The number of anilines is 2. The number of benzene rings is 3. The van der Waals surface area contributed by atoms with Crippen molar-refractivity contribution in [3.63, 3.8) is 0 Å². The Hall–Kier alpha value is -4.48. The van der Waals surface area contributed by atoms with Gasteiger partial charge in [-0.15, -0.1) is 11.8 Å². The lowest BCUT2D eigenvalue weighted by molar-refractivity contribution is -0.123. The third kappa shape index (κ3) is 5.56. The summed E-state index contributed by atoms with van der Waals surface area (Å²) >= 11 is 2.79. The molecule has 7 atom stereocenters. The summed E-state index contributed by atoms with van der Waals surface area (Å²) in [6, 6.07) is 24.3. The summed E-state index contributed by atoms with van der Waals surface area (Å²) in [5.41, 5.74) is 3.75. The Balaban J connectivity index is 1.14. The highest BCUT2D eigenvalue weighted by Crippen LogP contribution is 2.69. The number of imide groups is 1. The van der Waals surface area contributed by atoms with E-state index in [4.69, 9.17) is 4.74 Å². The van der Waals surface area contributed by atoms with Crippen molar-refractivity contribution in [2.45, 2.75) is 62.3 Å². The normalized spacial score (nSPS) is 26.1. The molecule has 51 heavy (non-hydrogen) atoms. The van der Waals surface area contributed by atoms with Gasteiger partial charge in [0.25, 0.3) is 0 Å². The minimum Gasteiger partial charge on any atom is -0.462 e. The highest BCUT2D eigenvalue weighted by molar-refractivity contribution is 8.00. The summed E-state index contributed by atoms with van der Waals surface area (Å²) in [5, 5.41) is 3.64. The third-order valence-electron chi connectivity index (χ3n) is 11.1.